The maximum Gasteiger partial charge on any atom is 0.0619 e. The van der Waals surface area contributed by atoms with Gasteiger partial charge in [0.15, 0.2) is 0 Å². The van der Waals surface area contributed by atoms with Gasteiger partial charge in [-0.05, 0) is 49.3 Å². The predicted molar refractivity (Wildman–Crippen MR) is 85.6 cm³/mol. The van der Waals surface area contributed by atoms with E-state index in [0.29, 0.717) is 11.8 Å². The van der Waals surface area contributed by atoms with Crippen LogP contribution in [-0.4, -0.2) is 23.1 Å². The average molecular weight is 329 g/mol. The first kappa shape index (κ1) is 14.2. The molecule has 1 fully saturated rings. The first-order chi connectivity index (χ1) is 8.48. The molecule has 1 aromatic carbocycles. The molecule has 1 aliphatic rings. The summed E-state index contributed by atoms with van der Waals surface area (Å²) in [5, 5.41) is 4.26. The Morgan fingerprint density at radius 1 is 1.44 bits per heavy atom. The van der Waals surface area contributed by atoms with Crippen LogP contribution in [0.3, 0.4) is 0 Å². The smallest absolute Gasteiger partial charge is 0.0619 e. The number of aryl methyl sites for hydroxylation is 2. The summed E-state index contributed by atoms with van der Waals surface area (Å²) in [4.78, 5) is 0. The van der Waals surface area contributed by atoms with Crippen molar-refractivity contribution in [2.75, 3.05) is 17.6 Å². The van der Waals surface area contributed by atoms with Crippen LogP contribution in [0.15, 0.2) is 16.6 Å². The number of anilines is 1. The molecular formula is C14H21BrN2S. The van der Waals surface area contributed by atoms with Crippen LogP contribution < -0.4 is 11.1 Å². The molecule has 0 saturated carbocycles. The van der Waals surface area contributed by atoms with E-state index >= 15 is 0 Å². The summed E-state index contributed by atoms with van der Waals surface area (Å²) in [5.74, 6) is 1.19. The van der Waals surface area contributed by atoms with E-state index in [-0.39, 0.29) is 5.54 Å². The van der Waals surface area contributed by atoms with Crippen molar-refractivity contribution in [3.8, 4) is 0 Å². The van der Waals surface area contributed by atoms with Crippen LogP contribution in [0, 0.1) is 13.8 Å². The molecule has 100 valence electrons. The summed E-state index contributed by atoms with van der Waals surface area (Å²) in [6.07, 6.45) is 1.14. The van der Waals surface area contributed by atoms with E-state index in [1.54, 1.807) is 0 Å². The Labute approximate surface area is 122 Å². The Morgan fingerprint density at radius 3 is 2.50 bits per heavy atom. The molecule has 2 unspecified atom stereocenters. The maximum absolute atomic E-state index is 6.03. The lowest BCUT2D eigenvalue weighted by Gasteiger charge is -2.34. The third-order valence-electron chi connectivity index (χ3n) is 3.89. The minimum atomic E-state index is 0.0530. The second-order valence-electron chi connectivity index (χ2n) is 5.17. The van der Waals surface area contributed by atoms with Gasteiger partial charge in [-0.2, -0.15) is 11.8 Å². The van der Waals surface area contributed by atoms with Gasteiger partial charge in [0, 0.05) is 22.0 Å². The van der Waals surface area contributed by atoms with E-state index in [1.807, 2.05) is 11.8 Å². The molecule has 2 atom stereocenters. The lowest BCUT2D eigenvalue weighted by atomic mass is 9.92. The zero-order chi connectivity index (χ0) is 13.3. The van der Waals surface area contributed by atoms with E-state index in [9.17, 15) is 0 Å². The molecule has 0 aromatic heterocycles. The second-order valence-corrected chi connectivity index (χ2v) is 7.41. The lowest BCUT2D eigenvalue weighted by Crippen LogP contribution is -2.49. The number of nitrogens with two attached hydrogens (primary N) is 1. The molecule has 0 radical (unpaired) electrons. The number of halogens is 1. The van der Waals surface area contributed by atoms with Crippen LogP contribution in [0.1, 0.15) is 24.5 Å². The van der Waals surface area contributed by atoms with Gasteiger partial charge in [0.2, 0.25) is 0 Å². The Hall–Kier alpha value is -0.190. The van der Waals surface area contributed by atoms with Crippen molar-refractivity contribution in [2.24, 2.45) is 5.73 Å². The SMILES string of the molecule is Cc1cc(NC2(CN)CCSC2C)cc(C)c1Br. The molecule has 0 amide bonds. The van der Waals surface area contributed by atoms with Crippen molar-refractivity contribution < 1.29 is 0 Å². The molecule has 0 aliphatic carbocycles. The van der Waals surface area contributed by atoms with Gasteiger partial charge in [0.25, 0.3) is 0 Å². The van der Waals surface area contributed by atoms with E-state index in [0.717, 1.165) is 6.42 Å². The third-order valence-corrected chi connectivity index (χ3v) is 6.53. The van der Waals surface area contributed by atoms with Gasteiger partial charge in [0.1, 0.15) is 0 Å². The van der Waals surface area contributed by atoms with Crippen LogP contribution in [0.5, 0.6) is 0 Å². The van der Waals surface area contributed by atoms with Crippen molar-refractivity contribution in [3.05, 3.63) is 27.7 Å². The van der Waals surface area contributed by atoms with Gasteiger partial charge in [-0.3, -0.25) is 0 Å². The number of hydrogen-bond donors (Lipinski definition) is 2. The fourth-order valence-corrected chi connectivity index (χ4v) is 4.23. The molecule has 1 aliphatic heterocycles. The van der Waals surface area contributed by atoms with Gasteiger partial charge in [-0.25, -0.2) is 0 Å². The summed E-state index contributed by atoms with van der Waals surface area (Å²) in [7, 11) is 0. The van der Waals surface area contributed by atoms with Gasteiger partial charge in [-0.15, -0.1) is 0 Å². The molecule has 0 spiro atoms. The Kier molecular flexibility index (Phi) is 4.29. The van der Waals surface area contributed by atoms with Crippen LogP contribution >= 0.6 is 27.7 Å². The normalized spacial score (nSPS) is 27.5. The first-order valence-electron chi connectivity index (χ1n) is 6.35. The van der Waals surface area contributed by atoms with Crippen LogP contribution in [0.2, 0.25) is 0 Å². The fraction of sp³-hybridized carbons (Fsp3) is 0.571. The summed E-state index contributed by atoms with van der Waals surface area (Å²) in [6.45, 7) is 7.22. The fourth-order valence-electron chi connectivity index (χ4n) is 2.57. The van der Waals surface area contributed by atoms with E-state index in [2.05, 4.69) is 54.2 Å². The van der Waals surface area contributed by atoms with E-state index < -0.39 is 0 Å². The van der Waals surface area contributed by atoms with Gasteiger partial charge < -0.3 is 11.1 Å². The van der Waals surface area contributed by atoms with Crippen molar-refractivity contribution in [1.82, 2.24) is 0 Å². The third kappa shape index (κ3) is 2.56. The van der Waals surface area contributed by atoms with Gasteiger partial charge in [0.05, 0.1) is 5.54 Å². The average Bonchev–Trinajstić information content (AvgIpc) is 2.68. The number of benzene rings is 1. The molecule has 18 heavy (non-hydrogen) atoms. The van der Waals surface area contributed by atoms with Crippen molar-refractivity contribution in [1.29, 1.82) is 0 Å². The zero-order valence-electron chi connectivity index (χ0n) is 11.2. The summed E-state index contributed by atoms with van der Waals surface area (Å²) >= 11 is 5.62. The van der Waals surface area contributed by atoms with Gasteiger partial charge >= 0.3 is 0 Å². The second kappa shape index (κ2) is 5.43. The molecular weight excluding hydrogens is 308 g/mol. The molecule has 1 saturated heterocycles. The monoisotopic (exact) mass is 328 g/mol. The zero-order valence-corrected chi connectivity index (χ0v) is 13.6. The first-order valence-corrected chi connectivity index (χ1v) is 8.19. The highest BCUT2D eigenvalue weighted by Crippen LogP contribution is 2.38. The molecule has 0 bridgehead atoms. The summed E-state index contributed by atoms with van der Waals surface area (Å²) in [6, 6.07) is 4.40. The van der Waals surface area contributed by atoms with Crippen molar-refractivity contribution in [3.63, 3.8) is 0 Å². The predicted octanol–water partition coefficient (Wildman–Crippen LogP) is 3.70. The highest BCUT2D eigenvalue weighted by Gasteiger charge is 2.39. The Bertz CT molecular complexity index is 426. The minimum Gasteiger partial charge on any atom is -0.377 e. The molecule has 1 heterocycles. The standard InChI is InChI=1S/C14H21BrN2S/c1-9-6-12(7-10(2)13(9)15)17-14(8-16)4-5-18-11(14)3/h6-7,11,17H,4-5,8,16H2,1-3H3. The molecule has 4 heteroatoms. The van der Waals surface area contributed by atoms with Gasteiger partial charge in [-0.1, -0.05) is 22.9 Å². The summed E-state index contributed by atoms with van der Waals surface area (Å²) < 4.78 is 1.20. The Morgan fingerprint density at radius 2 is 2.06 bits per heavy atom. The molecule has 3 N–H and O–H groups in total. The molecule has 2 nitrogen and oxygen atoms in total. The molecule has 2 rings (SSSR count). The number of thioether (sulfide) groups is 1. The highest BCUT2D eigenvalue weighted by atomic mass is 79.9. The minimum absolute atomic E-state index is 0.0530. The van der Waals surface area contributed by atoms with E-state index in [4.69, 9.17) is 5.73 Å². The number of nitrogens with one attached hydrogen (secondary N) is 1. The molecule has 1 aromatic rings. The van der Waals surface area contributed by atoms with Crippen LogP contribution in [0.4, 0.5) is 5.69 Å². The quantitative estimate of drug-likeness (QED) is 0.888. The number of rotatable bonds is 3. The number of hydrogen-bond acceptors (Lipinski definition) is 3. The Balaban J connectivity index is 2.28. The largest absolute Gasteiger partial charge is 0.377 e. The topological polar surface area (TPSA) is 38.0 Å². The highest BCUT2D eigenvalue weighted by molar-refractivity contribution is 9.10. The van der Waals surface area contributed by atoms with Crippen molar-refractivity contribution >= 4 is 33.4 Å². The van der Waals surface area contributed by atoms with Crippen molar-refractivity contribution in [2.45, 2.75) is 38.0 Å². The maximum atomic E-state index is 6.03. The van der Waals surface area contributed by atoms with Crippen LogP contribution in [0.25, 0.3) is 0 Å². The van der Waals surface area contributed by atoms with Crippen LogP contribution in [-0.2, 0) is 0 Å². The lowest BCUT2D eigenvalue weighted by molar-refractivity contribution is 0.480. The summed E-state index contributed by atoms with van der Waals surface area (Å²) in [5.41, 5.74) is 9.80. The van der Waals surface area contributed by atoms with E-state index in [1.165, 1.54) is 27.0 Å².